The molecule has 3 rings (SSSR count). The summed E-state index contributed by atoms with van der Waals surface area (Å²) in [7, 11) is 0. The summed E-state index contributed by atoms with van der Waals surface area (Å²) in [5, 5.41) is 9.50. The molecule has 0 unspecified atom stereocenters. The third kappa shape index (κ3) is 5.70. The highest BCUT2D eigenvalue weighted by Gasteiger charge is 2.17. The van der Waals surface area contributed by atoms with E-state index in [0.717, 1.165) is 38.4 Å². The molecule has 1 aliphatic rings. The van der Waals surface area contributed by atoms with Crippen LogP contribution in [0.15, 0.2) is 35.5 Å². The van der Waals surface area contributed by atoms with Gasteiger partial charge in [-0.1, -0.05) is 24.3 Å². The number of halogens is 1. The smallest absolute Gasteiger partial charge is 0.343 e. The van der Waals surface area contributed by atoms with Crippen LogP contribution in [0.2, 0.25) is 5.28 Å². The molecule has 2 aromatic rings. The van der Waals surface area contributed by atoms with E-state index in [4.69, 9.17) is 21.1 Å². The number of aromatic nitrogens is 2. The third-order valence-electron chi connectivity index (χ3n) is 4.30. The summed E-state index contributed by atoms with van der Waals surface area (Å²) >= 11 is 5.84. The molecule has 2 N–H and O–H groups in total. The summed E-state index contributed by atoms with van der Waals surface area (Å²) in [4.78, 5) is 26.5. The lowest BCUT2D eigenvalue weighted by molar-refractivity contribution is 0.0342. The first-order valence-electron chi connectivity index (χ1n) is 9.18. The number of hydrogen-bond acceptors (Lipinski definition) is 8. The van der Waals surface area contributed by atoms with Gasteiger partial charge in [-0.25, -0.2) is 14.8 Å². The van der Waals surface area contributed by atoms with Gasteiger partial charge in [-0.05, 0) is 24.1 Å². The third-order valence-corrected chi connectivity index (χ3v) is 4.48. The van der Waals surface area contributed by atoms with Crippen molar-refractivity contribution in [1.82, 2.24) is 20.3 Å². The molecule has 1 saturated heterocycles. The highest BCUT2D eigenvalue weighted by molar-refractivity contribution is 6.28. The zero-order valence-corrected chi connectivity index (χ0v) is 16.7. The summed E-state index contributed by atoms with van der Waals surface area (Å²) in [6.45, 7) is 5.99. The molecule has 0 bridgehead atoms. The molecule has 9 nitrogen and oxygen atoms in total. The quantitative estimate of drug-likeness (QED) is 0.241. The Morgan fingerprint density at radius 2 is 2.07 bits per heavy atom. The summed E-state index contributed by atoms with van der Waals surface area (Å²) in [6, 6.07) is 7.56. The maximum atomic E-state index is 12.1. The van der Waals surface area contributed by atoms with Crippen LogP contribution in [-0.4, -0.2) is 64.8 Å². The predicted molar refractivity (Wildman–Crippen MR) is 107 cm³/mol. The second-order valence-electron chi connectivity index (χ2n) is 6.25. The number of carbonyl (C=O) groups is 1. The zero-order valence-electron chi connectivity index (χ0n) is 16.0. The molecule has 0 atom stereocenters. The molecule has 0 saturated carbocycles. The molecular weight excluding hydrogens is 398 g/mol. The lowest BCUT2D eigenvalue weighted by atomic mass is 10.1. The summed E-state index contributed by atoms with van der Waals surface area (Å²) in [5.74, 6) is -0.512. The molecule has 10 heteroatoms. The molecule has 1 fully saturated rings. The van der Waals surface area contributed by atoms with Gasteiger partial charge < -0.3 is 9.47 Å². The van der Waals surface area contributed by atoms with Gasteiger partial charge in [-0.2, -0.15) is 4.98 Å². The molecular formula is C19H22ClN5O4. The summed E-state index contributed by atoms with van der Waals surface area (Å²) < 4.78 is 10.4. The molecule has 0 radical (unpaired) electrons. The van der Waals surface area contributed by atoms with Crippen molar-refractivity contribution in [3.8, 4) is 0 Å². The van der Waals surface area contributed by atoms with Crippen LogP contribution >= 0.6 is 11.6 Å². The van der Waals surface area contributed by atoms with E-state index >= 15 is 0 Å². The monoisotopic (exact) mass is 419 g/mol. The fourth-order valence-corrected chi connectivity index (χ4v) is 2.96. The van der Waals surface area contributed by atoms with Crippen molar-refractivity contribution < 1.29 is 19.5 Å². The van der Waals surface area contributed by atoms with Gasteiger partial charge in [0.1, 0.15) is 5.56 Å². The Hall–Kier alpha value is -2.59. The minimum absolute atomic E-state index is 0.00241. The first-order valence-corrected chi connectivity index (χ1v) is 9.56. The first-order chi connectivity index (χ1) is 14.1. The number of morpholine rings is 1. The normalized spacial score (nSPS) is 15.2. The Bertz CT molecular complexity index is 869. The molecule has 0 aliphatic carbocycles. The van der Waals surface area contributed by atoms with Crippen LogP contribution in [0.4, 0.5) is 5.82 Å². The lowest BCUT2D eigenvalue weighted by Gasteiger charge is -2.26. The minimum Gasteiger partial charge on any atom is -0.462 e. The van der Waals surface area contributed by atoms with Gasteiger partial charge in [0, 0.05) is 31.4 Å². The highest BCUT2D eigenvalue weighted by atomic mass is 35.5. The Balaban J connectivity index is 1.82. The van der Waals surface area contributed by atoms with E-state index in [1.807, 2.05) is 24.3 Å². The zero-order chi connectivity index (χ0) is 20.6. The molecule has 1 aromatic heterocycles. The van der Waals surface area contributed by atoms with E-state index in [-0.39, 0.29) is 29.1 Å². The van der Waals surface area contributed by atoms with Gasteiger partial charge >= 0.3 is 5.97 Å². The number of nitrogens with one attached hydrogen (secondary N) is 1. The number of hydroxylamine groups is 1. The number of carbonyl (C=O) groups excluding carboxylic acids is 1. The van der Waals surface area contributed by atoms with E-state index in [2.05, 4.69) is 25.3 Å². The van der Waals surface area contributed by atoms with Crippen molar-refractivity contribution in [2.24, 2.45) is 4.99 Å². The fourth-order valence-electron chi connectivity index (χ4n) is 2.84. The van der Waals surface area contributed by atoms with Crippen LogP contribution in [0.5, 0.6) is 0 Å². The van der Waals surface area contributed by atoms with Crippen molar-refractivity contribution in [3.05, 3.63) is 52.4 Å². The van der Waals surface area contributed by atoms with Crippen molar-refractivity contribution in [1.29, 1.82) is 0 Å². The predicted octanol–water partition coefficient (Wildman–Crippen LogP) is 2.20. The fraction of sp³-hybridized carbons (Fsp3) is 0.368. The van der Waals surface area contributed by atoms with Crippen molar-refractivity contribution in [3.63, 3.8) is 0 Å². The maximum Gasteiger partial charge on any atom is 0.343 e. The van der Waals surface area contributed by atoms with E-state index in [1.165, 1.54) is 6.20 Å². The average molecular weight is 420 g/mol. The van der Waals surface area contributed by atoms with Crippen LogP contribution < -0.4 is 5.48 Å². The molecule has 2 heterocycles. The largest absolute Gasteiger partial charge is 0.462 e. The van der Waals surface area contributed by atoms with Crippen LogP contribution in [0.1, 0.15) is 28.4 Å². The van der Waals surface area contributed by atoms with Gasteiger partial charge in [0.25, 0.3) is 0 Å². The minimum atomic E-state index is -0.624. The van der Waals surface area contributed by atoms with Crippen LogP contribution in [0, 0.1) is 0 Å². The number of hydrogen-bond donors (Lipinski definition) is 2. The standard InChI is InChI=1S/C19H22ClN5O4/c1-2-29-18(26)15-11-21-19(20)23-17(15)22-16(24-27)14-5-3-13(4-6-14)12-25-7-9-28-10-8-25/h3-6,11,27H,2,7-10,12H2,1H3,(H,21,22,23,24). The number of esters is 1. The summed E-state index contributed by atoms with van der Waals surface area (Å²) in [5.41, 5.74) is 3.85. The van der Waals surface area contributed by atoms with Gasteiger partial charge in [0.05, 0.1) is 19.8 Å². The first kappa shape index (κ1) is 21.1. The second kappa shape index (κ2) is 10.3. The summed E-state index contributed by atoms with van der Waals surface area (Å²) in [6.07, 6.45) is 1.24. The van der Waals surface area contributed by atoms with E-state index in [9.17, 15) is 10.0 Å². The maximum absolute atomic E-state index is 12.1. The molecule has 0 amide bonds. The number of aliphatic imine (C=N–C) groups is 1. The molecule has 1 aliphatic heterocycles. The van der Waals surface area contributed by atoms with Crippen LogP contribution in [0.3, 0.4) is 0 Å². The number of rotatable bonds is 6. The van der Waals surface area contributed by atoms with Crippen molar-refractivity contribution in [2.45, 2.75) is 13.5 Å². The Morgan fingerprint density at radius 3 is 2.72 bits per heavy atom. The molecule has 154 valence electrons. The van der Waals surface area contributed by atoms with Gasteiger partial charge in [-0.15, -0.1) is 0 Å². The van der Waals surface area contributed by atoms with E-state index in [1.54, 1.807) is 6.92 Å². The van der Waals surface area contributed by atoms with Crippen molar-refractivity contribution >= 4 is 29.2 Å². The van der Waals surface area contributed by atoms with E-state index in [0.29, 0.717) is 5.56 Å². The topological polar surface area (TPSA) is 109 Å². The Labute approximate surface area is 173 Å². The van der Waals surface area contributed by atoms with Gasteiger partial charge in [0.2, 0.25) is 5.28 Å². The van der Waals surface area contributed by atoms with Gasteiger partial charge in [-0.3, -0.25) is 15.6 Å². The second-order valence-corrected chi connectivity index (χ2v) is 6.59. The number of benzene rings is 1. The van der Waals surface area contributed by atoms with Crippen LogP contribution in [0.25, 0.3) is 0 Å². The average Bonchev–Trinajstić information content (AvgIpc) is 2.73. The van der Waals surface area contributed by atoms with Crippen LogP contribution in [-0.2, 0) is 16.0 Å². The lowest BCUT2D eigenvalue weighted by Crippen LogP contribution is -2.35. The van der Waals surface area contributed by atoms with E-state index < -0.39 is 5.97 Å². The number of nitrogens with zero attached hydrogens (tertiary/aromatic N) is 4. The molecule has 29 heavy (non-hydrogen) atoms. The van der Waals surface area contributed by atoms with Gasteiger partial charge in [0.15, 0.2) is 11.7 Å². The highest BCUT2D eigenvalue weighted by Crippen LogP contribution is 2.20. The molecule has 0 spiro atoms. The van der Waals surface area contributed by atoms with Crippen molar-refractivity contribution in [2.75, 3.05) is 32.9 Å². The Morgan fingerprint density at radius 1 is 1.34 bits per heavy atom. The number of amidine groups is 1. The number of ether oxygens (including phenoxy) is 2. The molecule has 1 aromatic carbocycles. The SMILES string of the molecule is CCOC(=O)c1cnc(Cl)nc1N=C(NO)c1ccc(CN2CCOCC2)cc1. The Kier molecular flexibility index (Phi) is 7.48.